The Hall–Kier alpha value is 0.308. The number of benzene rings is 4. The molecule has 0 fully saturated rings. The van der Waals surface area contributed by atoms with Crippen molar-refractivity contribution in [2.75, 3.05) is 0 Å². The van der Waals surface area contributed by atoms with E-state index in [9.17, 15) is 0 Å². The van der Waals surface area contributed by atoms with E-state index in [0.717, 1.165) is 0 Å². The Morgan fingerprint density at radius 3 is 0.866 bits per heavy atom. The Bertz CT molecular complexity index is 3160. The molecular weight excluding hydrogens is 1300 g/mol. The molecule has 0 unspecified atom stereocenters. The van der Waals surface area contributed by atoms with Crippen molar-refractivity contribution in [1.29, 1.82) is 0 Å². The first kappa shape index (κ1) is 71.4. The van der Waals surface area contributed by atoms with E-state index in [1.54, 1.807) is 40.7 Å². The molecule has 454 valence electrons. The second-order valence-electron chi connectivity index (χ2n) is 39.8. The topological polar surface area (TPSA) is 0 Å². The van der Waals surface area contributed by atoms with Crippen LogP contribution in [0, 0.1) is 14.4 Å². The molecule has 14 heteroatoms. The molecule has 0 radical (unpaired) electrons. The molecule has 0 saturated heterocycles. The molecule has 0 nitrogen and oxygen atoms in total. The predicted molar refractivity (Wildman–Crippen MR) is 419 cm³/mol. The molecule has 0 aromatic heterocycles. The third-order valence-corrected chi connectivity index (χ3v) is 86.1. The van der Waals surface area contributed by atoms with Gasteiger partial charge in [0.15, 0.2) is 0 Å². The minimum atomic E-state index is -2.47. The summed E-state index contributed by atoms with van der Waals surface area (Å²) in [6.45, 7) is 99.1. The fourth-order valence-corrected chi connectivity index (χ4v) is 111. The average Bonchev–Trinajstić information content (AvgIpc) is 3.33. The molecule has 2 aliphatic heterocycles. The van der Waals surface area contributed by atoms with Crippen LogP contribution >= 0.6 is 0 Å². The van der Waals surface area contributed by atoms with E-state index in [1.807, 2.05) is 31.0 Å². The van der Waals surface area contributed by atoms with Crippen LogP contribution in [-0.4, -0.2) is 130 Å². The van der Waals surface area contributed by atoms with Crippen LogP contribution in [0.3, 0.4) is 0 Å². The SMILES string of the molecule is C[Si](C)(C)C(c1cc(C([Si](C)(C)C)[Si](C)(C)C)[c]([Ge]2=[CH]c3ccc[c]4c3=c3[c]2cccc3=[CH][Ge]=4[c]2c(C([Si](C)(C)C)[Si](C)(C)C)cc(C([Si](C)(C)C)[Si](C)(C)C)cc2C([Si](C)(C)C)[Si](C)(C)C)c(C([Si](C)(C)C)[Si](C)(C)C)c1)[Si](C)(C)C. The first-order valence-electron chi connectivity index (χ1n) is 32.4. The fourth-order valence-electron chi connectivity index (χ4n) is 20.1. The molecule has 2 aliphatic rings. The Balaban J connectivity index is 2.00. The van der Waals surface area contributed by atoms with Crippen molar-refractivity contribution in [3.8, 4) is 0 Å². The maximum atomic E-state index is 3.08. The van der Waals surface area contributed by atoms with Crippen LogP contribution in [0.1, 0.15) is 69.9 Å². The molecule has 0 bridgehead atoms. The van der Waals surface area contributed by atoms with Crippen LogP contribution in [0.2, 0.25) is 236 Å². The van der Waals surface area contributed by atoms with Gasteiger partial charge < -0.3 is 0 Å². The third-order valence-electron chi connectivity index (χ3n) is 18.9. The molecule has 2 heterocycles. The van der Waals surface area contributed by atoms with Crippen LogP contribution in [-0.2, 0) is 0 Å². The van der Waals surface area contributed by atoms with E-state index >= 15 is 0 Å². The summed E-state index contributed by atoms with van der Waals surface area (Å²) < 4.78 is 7.42. The first-order chi connectivity index (χ1) is 36.3. The molecule has 0 atom stereocenters. The van der Waals surface area contributed by atoms with Crippen molar-refractivity contribution >= 4 is 148 Å². The number of hydrogen-bond donors (Lipinski definition) is 0. The molecule has 0 amide bonds. The van der Waals surface area contributed by atoms with E-state index in [-0.39, 0.29) is 0 Å². The molecule has 0 N–H and O–H groups in total. The van der Waals surface area contributed by atoms with E-state index < -0.39 is 125 Å². The van der Waals surface area contributed by atoms with Gasteiger partial charge in [0, 0.05) is 0 Å². The fraction of sp³-hybridized carbons (Fsp3) is 0.618. The quantitative estimate of drug-likeness (QED) is 0.0682. The van der Waals surface area contributed by atoms with Crippen LogP contribution < -0.4 is 18.4 Å². The van der Waals surface area contributed by atoms with E-state index in [1.165, 1.54) is 0 Å². The van der Waals surface area contributed by atoms with Crippen LogP contribution in [0.25, 0.3) is 4.91 Å². The summed E-state index contributed by atoms with van der Waals surface area (Å²) in [5.74, 6) is 0. The average molecular weight is 1430 g/mol. The van der Waals surface area contributed by atoms with Crippen molar-refractivity contribution < 1.29 is 0 Å². The summed E-state index contributed by atoms with van der Waals surface area (Å²) in [5, 5.41) is 9.14. The molecule has 0 aliphatic carbocycles. The Labute approximate surface area is 528 Å². The van der Waals surface area contributed by atoms with Crippen LogP contribution in [0.15, 0.2) is 60.7 Å². The van der Waals surface area contributed by atoms with Gasteiger partial charge in [-0.1, -0.05) is 0 Å². The summed E-state index contributed by atoms with van der Waals surface area (Å²) in [7, 11) is -20.6. The Kier molecular flexibility index (Phi) is 20.2. The molecule has 4 aromatic rings. The van der Waals surface area contributed by atoms with Gasteiger partial charge in [-0.3, -0.25) is 0 Å². The van der Waals surface area contributed by atoms with Gasteiger partial charge in [-0.25, -0.2) is 0 Å². The van der Waals surface area contributed by atoms with E-state index in [0.29, 0.717) is 31.0 Å². The van der Waals surface area contributed by atoms with E-state index in [2.05, 4.69) is 306 Å². The van der Waals surface area contributed by atoms with Gasteiger partial charge in [-0.15, -0.1) is 0 Å². The standard InChI is InChI=1S/C68H126Ge2Si12/c1-71(2,3)63(72(4,5)6)51-43-53(65(75(13,14)15)76(16,17)18)61(54(44-51)66(77(19,20)21)78(22,23)24)69-47-49-39-38-42-58-60(49)59-50(40-37-41-57(59)69)48-70(58)62-55(67(79(25,26)27)80(28,29)30)45-52(64(73(7,8)9)74(10,11)12)46-56(62)68(81(31,32)33)82(34,35)36/h37-48,63-68H,1-36H3. The Morgan fingerprint density at radius 2 is 0.573 bits per heavy atom. The minimum absolute atomic E-state index is 0.685. The molecule has 0 spiro atoms. The summed E-state index contributed by atoms with van der Waals surface area (Å²) in [5.41, 5.74) is 12.7. The van der Waals surface area contributed by atoms with Crippen molar-refractivity contribution in [2.24, 2.45) is 0 Å². The van der Waals surface area contributed by atoms with Gasteiger partial charge in [0.2, 0.25) is 0 Å². The van der Waals surface area contributed by atoms with Crippen LogP contribution in [0.5, 0.6) is 0 Å². The van der Waals surface area contributed by atoms with Crippen molar-refractivity contribution in [3.63, 3.8) is 0 Å². The van der Waals surface area contributed by atoms with Gasteiger partial charge in [-0.2, -0.15) is 0 Å². The third kappa shape index (κ3) is 14.9. The summed E-state index contributed by atoms with van der Waals surface area (Å²) in [6, 6.07) is 28.0. The zero-order chi connectivity index (χ0) is 63.2. The molecule has 82 heavy (non-hydrogen) atoms. The predicted octanol–water partition coefficient (Wildman–Crippen LogP) is 18.9. The molecule has 4 aromatic carbocycles. The summed E-state index contributed by atoms with van der Waals surface area (Å²) in [4.78, 5) is 6.16. The van der Waals surface area contributed by atoms with Crippen molar-refractivity contribution in [3.05, 3.63) is 119 Å². The van der Waals surface area contributed by atoms with Gasteiger partial charge in [0.1, 0.15) is 0 Å². The zero-order valence-electron chi connectivity index (χ0n) is 60.4. The second kappa shape index (κ2) is 23.2. The summed E-state index contributed by atoms with van der Waals surface area (Å²) >= 11 is -4.94. The van der Waals surface area contributed by atoms with Gasteiger partial charge in [0.25, 0.3) is 0 Å². The monoisotopic (exact) mass is 1430 g/mol. The number of rotatable bonds is 20. The molecular formula is C68H126Ge2Si12. The molecule has 6 rings (SSSR count). The maximum absolute atomic E-state index is 3.08. The van der Waals surface area contributed by atoms with Crippen LogP contribution in [0.4, 0.5) is 0 Å². The van der Waals surface area contributed by atoms with Gasteiger partial charge in [0.05, 0.1) is 0 Å². The number of hydrogen-bond acceptors (Lipinski definition) is 0. The van der Waals surface area contributed by atoms with Crippen molar-refractivity contribution in [1.82, 2.24) is 0 Å². The normalized spacial score (nSPS) is 15.6. The molecule has 0 saturated carbocycles. The van der Waals surface area contributed by atoms with Gasteiger partial charge in [-0.05, 0) is 0 Å². The van der Waals surface area contributed by atoms with Crippen molar-refractivity contribution in [2.45, 2.75) is 267 Å². The summed E-state index contributed by atoms with van der Waals surface area (Å²) in [6.07, 6.45) is 0. The first-order valence-corrected chi connectivity index (χ1v) is 81.9. The Morgan fingerprint density at radius 1 is 0.293 bits per heavy atom. The second-order valence-corrected chi connectivity index (χ2v) is 116. The zero-order valence-corrected chi connectivity index (χ0v) is 76.6. The van der Waals surface area contributed by atoms with Gasteiger partial charge >= 0.3 is 534 Å². The van der Waals surface area contributed by atoms with E-state index in [4.69, 9.17) is 0 Å².